The van der Waals surface area contributed by atoms with E-state index in [1.165, 1.54) is 24.3 Å². The fraction of sp³-hybridized carbons (Fsp3) is 0.400. The molecule has 0 unspecified atom stereocenters. The highest BCUT2D eigenvalue weighted by molar-refractivity contribution is 6.22. The Morgan fingerprint density at radius 2 is 1.30 bits per heavy atom. The van der Waals surface area contributed by atoms with Crippen LogP contribution in [0.5, 0.6) is 0 Å². The second kappa shape index (κ2) is 16.7. The predicted molar refractivity (Wildman–Crippen MR) is 153 cm³/mol. The molecule has 1 aliphatic heterocycles. The van der Waals surface area contributed by atoms with Gasteiger partial charge in [-0.15, -0.1) is 0 Å². The maximum Gasteiger partial charge on any atom is 0.335 e. The predicted octanol–water partition coefficient (Wildman–Crippen LogP) is 1.52. The number of ether oxygens (including phenoxy) is 2. The van der Waals surface area contributed by atoms with Crippen LogP contribution >= 0.6 is 0 Å². The van der Waals surface area contributed by atoms with E-state index in [0.29, 0.717) is 56.8 Å². The zero-order valence-corrected chi connectivity index (χ0v) is 23.7. The molecule has 0 aliphatic carbocycles. The summed E-state index contributed by atoms with van der Waals surface area (Å²) in [6.45, 7) is 1.83. The highest BCUT2D eigenvalue weighted by atomic mass is 16.5. The molecule has 43 heavy (non-hydrogen) atoms. The summed E-state index contributed by atoms with van der Waals surface area (Å²) >= 11 is 0. The van der Waals surface area contributed by atoms with Crippen molar-refractivity contribution in [3.8, 4) is 0 Å². The van der Waals surface area contributed by atoms with Crippen LogP contribution in [0.3, 0.4) is 0 Å². The number of urea groups is 1. The second-order valence-electron chi connectivity index (χ2n) is 9.78. The molecule has 2 aromatic carbocycles. The van der Waals surface area contributed by atoms with Gasteiger partial charge < -0.3 is 25.2 Å². The number of amides is 6. The van der Waals surface area contributed by atoms with Gasteiger partial charge in [0.25, 0.3) is 5.91 Å². The molecule has 13 nitrogen and oxygen atoms in total. The van der Waals surface area contributed by atoms with E-state index in [0.717, 1.165) is 0 Å². The van der Waals surface area contributed by atoms with Gasteiger partial charge in [-0.05, 0) is 42.7 Å². The number of aromatic carboxylic acids is 1. The third kappa shape index (κ3) is 9.72. The highest BCUT2D eigenvalue weighted by Gasteiger charge is 2.51. The SMILES string of the molecule is O=C(CCCCCC1(c2ccccc2)C(=O)NC(=O)NC1=O)NCCOCCOCCNC(=O)c1ccc(C(=O)O)cc1. The zero-order valence-electron chi connectivity index (χ0n) is 23.7. The third-order valence-corrected chi connectivity index (χ3v) is 6.82. The summed E-state index contributed by atoms with van der Waals surface area (Å²) in [5.74, 6) is -2.82. The van der Waals surface area contributed by atoms with E-state index in [1.807, 2.05) is 0 Å². The first-order valence-electron chi connectivity index (χ1n) is 14.0. The lowest BCUT2D eigenvalue weighted by molar-refractivity contribution is -0.139. The number of unbranched alkanes of at least 4 members (excludes halogenated alkanes) is 2. The Balaban J connectivity index is 1.20. The minimum atomic E-state index is -1.50. The normalized spacial score (nSPS) is 14.0. The van der Waals surface area contributed by atoms with Crippen LogP contribution in [0.25, 0.3) is 0 Å². The summed E-state index contributed by atoms with van der Waals surface area (Å²) < 4.78 is 10.8. The molecular formula is C30H36N4O9. The molecule has 0 aromatic heterocycles. The summed E-state index contributed by atoms with van der Waals surface area (Å²) in [6, 6.07) is 13.4. The molecule has 0 spiro atoms. The summed E-state index contributed by atoms with van der Waals surface area (Å²) in [5, 5.41) is 18.7. The number of nitrogens with one attached hydrogen (secondary N) is 4. The van der Waals surface area contributed by atoms with E-state index in [9.17, 15) is 28.8 Å². The molecule has 2 aromatic rings. The van der Waals surface area contributed by atoms with E-state index >= 15 is 0 Å². The maximum absolute atomic E-state index is 12.8. The van der Waals surface area contributed by atoms with E-state index in [1.54, 1.807) is 30.3 Å². The number of rotatable bonds is 18. The van der Waals surface area contributed by atoms with E-state index in [2.05, 4.69) is 21.3 Å². The first-order chi connectivity index (χ1) is 20.7. The quantitative estimate of drug-likeness (QED) is 0.125. The number of imide groups is 2. The lowest BCUT2D eigenvalue weighted by atomic mass is 9.73. The third-order valence-electron chi connectivity index (χ3n) is 6.82. The summed E-state index contributed by atoms with van der Waals surface area (Å²) in [7, 11) is 0. The van der Waals surface area contributed by atoms with Crippen LogP contribution in [0.4, 0.5) is 4.79 Å². The van der Waals surface area contributed by atoms with Crippen molar-refractivity contribution in [3.05, 3.63) is 71.3 Å². The Bertz CT molecular complexity index is 1260. The number of carboxylic acids is 1. The molecule has 0 bridgehead atoms. The molecule has 1 heterocycles. The van der Waals surface area contributed by atoms with Crippen molar-refractivity contribution < 1.29 is 43.3 Å². The van der Waals surface area contributed by atoms with Crippen LogP contribution in [0.1, 0.15) is 58.4 Å². The fourth-order valence-electron chi connectivity index (χ4n) is 4.54. The van der Waals surface area contributed by atoms with Crippen molar-refractivity contribution in [1.82, 2.24) is 21.3 Å². The Kier molecular flexibility index (Phi) is 12.8. The van der Waals surface area contributed by atoms with Gasteiger partial charge in [0.2, 0.25) is 17.7 Å². The Morgan fingerprint density at radius 1 is 0.721 bits per heavy atom. The van der Waals surface area contributed by atoms with Gasteiger partial charge in [0.05, 0.1) is 32.0 Å². The molecule has 0 radical (unpaired) electrons. The van der Waals surface area contributed by atoms with Gasteiger partial charge in [0, 0.05) is 25.1 Å². The standard InChI is InChI=1S/C30H36N4O9/c35-24(9-5-2-6-14-30(23-7-3-1-4-8-23)27(39)33-29(41)34-28(30)40)31-15-17-42-19-20-43-18-16-32-25(36)21-10-12-22(13-11-21)26(37)38/h1,3-4,7-8,10-13H,2,5-6,9,14-20H2,(H,31,35)(H,32,36)(H,37,38)(H2,33,34,39,40,41). The van der Waals surface area contributed by atoms with Crippen molar-refractivity contribution in [3.63, 3.8) is 0 Å². The zero-order chi connectivity index (χ0) is 31.1. The van der Waals surface area contributed by atoms with Crippen LogP contribution in [0, 0.1) is 0 Å². The summed E-state index contributed by atoms with van der Waals surface area (Å²) in [6.07, 6.45) is 2.17. The van der Waals surface area contributed by atoms with E-state index in [-0.39, 0.29) is 43.4 Å². The molecule has 1 fully saturated rings. The molecule has 6 amide bonds. The lowest BCUT2D eigenvalue weighted by Crippen LogP contribution is -2.64. The van der Waals surface area contributed by atoms with Gasteiger partial charge in [-0.2, -0.15) is 0 Å². The van der Waals surface area contributed by atoms with Crippen LogP contribution in [-0.2, 0) is 29.3 Å². The summed E-state index contributed by atoms with van der Waals surface area (Å²) in [5.41, 5.74) is -0.527. The first-order valence-corrected chi connectivity index (χ1v) is 14.0. The number of carbonyl (C=O) groups excluding carboxylic acids is 5. The van der Waals surface area contributed by atoms with Crippen LogP contribution in [0.15, 0.2) is 54.6 Å². The van der Waals surface area contributed by atoms with Crippen molar-refractivity contribution in [2.75, 3.05) is 39.5 Å². The topological polar surface area (TPSA) is 189 Å². The highest BCUT2D eigenvalue weighted by Crippen LogP contribution is 2.33. The molecule has 5 N–H and O–H groups in total. The number of carbonyl (C=O) groups is 6. The van der Waals surface area contributed by atoms with E-state index in [4.69, 9.17) is 14.6 Å². The molecule has 13 heteroatoms. The lowest BCUT2D eigenvalue weighted by Gasteiger charge is -2.34. The fourth-order valence-corrected chi connectivity index (χ4v) is 4.54. The largest absolute Gasteiger partial charge is 0.478 e. The van der Waals surface area contributed by atoms with Crippen molar-refractivity contribution in [2.45, 2.75) is 37.5 Å². The molecule has 3 rings (SSSR count). The second-order valence-corrected chi connectivity index (χ2v) is 9.78. The Morgan fingerprint density at radius 3 is 1.91 bits per heavy atom. The van der Waals surface area contributed by atoms with Crippen LogP contribution in [-0.4, -0.2) is 80.3 Å². The maximum atomic E-state index is 12.8. The number of barbiturate groups is 1. The van der Waals surface area contributed by atoms with Crippen LogP contribution in [0.2, 0.25) is 0 Å². The Hall–Kier alpha value is -4.62. The van der Waals surface area contributed by atoms with Gasteiger partial charge in [-0.3, -0.25) is 29.8 Å². The van der Waals surface area contributed by atoms with Gasteiger partial charge in [0.15, 0.2) is 5.41 Å². The number of hydrogen-bond donors (Lipinski definition) is 5. The molecule has 1 aliphatic rings. The average molecular weight is 597 g/mol. The van der Waals surface area contributed by atoms with E-state index < -0.39 is 29.2 Å². The monoisotopic (exact) mass is 596 g/mol. The molecule has 1 saturated heterocycles. The van der Waals surface area contributed by atoms with Crippen molar-refractivity contribution in [2.24, 2.45) is 0 Å². The first kappa shape index (κ1) is 32.9. The van der Waals surface area contributed by atoms with Gasteiger partial charge in [-0.25, -0.2) is 9.59 Å². The molecule has 0 atom stereocenters. The van der Waals surface area contributed by atoms with Crippen molar-refractivity contribution in [1.29, 1.82) is 0 Å². The summed E-state index contributed by atoms with van der Waals surface area (Å²) in [4.78, 5) is 72.1. The van der Waals surface area contributed by atoms with Gasteiger partial charge >= 0.3 is 12.0 Å². The molecule has 230 valence electrons. The number of hydrogen-bond acceptors (Lipinski definition) is 8. The number of benzene rings is 2. The average Bonchev–Trinajstić information content (AvgIpc) is 2.99. The Labute approximate surface area is 248 Å². The minimum Gasteiger partial charge on any atom is -0.478 e. The smallest absolute Gasteiger partial charge is 0.335 e. The minimum absolute atomic E-state index is 0.105. The molecular weight excluding hydrogens is 560 g/mol. The van der Waals surface area contributed by atoms with Gasteiger partial charge in [0.1, 0.15) is 0 Å². The van der Waals surface area contributed by atoms with Crippen molar-refractivity contribution >= 4 is 35.6 Å². The van der Waals surface area contributed by atoms with Gasteiger partial charge in [-0.1, -0.05) is 43.2 Å². The molecule has 0 saturated carbocycles. The number of carboxylic acid groups (broad SMARTS) is 1. The van der Waals surface area contributed by atoms with Crippen LogP contribution < -0.4 is 21.3 Å².